The highest BCUT2D eigenvalue weighted by atomic mass is 32.1. The van der Waals surface area contributed by atoms with Crippen molar-refractivity contribution in [3.8, 4) is 0 Å². The van der Waals surface area contributed by atoms with Crippen molar-refractivity contribution in [2.45, 2.75) is 20.8 Å². The zero-order valence-corrected chi connectivity index (χ0v) is 9.40. The Morgan fingerprint density at radius 3 is 2.86 bits per heavy atom. The van der Waals surface area contributed by atoms with Gasteiger partial charge in [-0.15, -0.1) is 0 Å². The lowest BCUT2D eigenvalue weighted by Crippen LogP contribution is -2.03. The summed E-state index contributed by atoms with van der Waals surface area (Å²) in [4.78, 5) is 16.2. The van der Waals surface area contributed by atoms with Crippen LogP contribution < -0.4 is 5.32 Å². The van der Waals surface area contributed by atoms with E-state index in [4.69, 9.17) is 4.74 Å². The maximum Gasteiger partial charge on any atom is 0.350 e. The van der Waals surface area contributed by atoms with Crippen LogP contribution in [0.1, 0.15) is 29.2 Å². The zero-order chi connectivity index (χ0) is 10.6. The number of thiazole rings is 1. The van der Waals surface area contributed by atoms with Crippen molar-refractivity contribution in [3.05, 3.63) is 10.6 Å². The number of anilines is 1. The van der Waals surface area contributed by atoms with Crippen LogP contribution in [-0.2, 0) is 4.74 Å². The number of esters is 1. The molecule has 1 rings (SSSR count). The summed E-state index contributed by atoms with van der Waals surface area (Å²) in [5.41, 5.74) is 0.726. The number of aryl methyl sites for hydroxylation is 1. The third-order valence-electron chi connectivity index (χ3n) is 1.59. The lowest BCUT2D eigenvalue weighted by Gasteiger charge is -1.97. The molecule has 5 heteroatoms. The van der Waals surface area contributed by atoms with E-state index < -0.39 is 0 Å². The number of carbonyl (C=O) groups is 1. The number of carbonyl (C=O) groups excluding carboxylic acids is 1. The maximum absolute atomic E-state index is 11.4. The minimum atomic E-state index is -0.286. The van der Waals surface area contributed by atoms with Crippen molar-refractivity contribution in [2.24, 2.45) is 0 Å². The van der Waals surface area contributed by atoms with Crippen LogP contribution in [0.15, 0.2) is 0 Å². The molecular weight excluding hydrogens is 200 g/mol. The molecule has 0 aliphatic rings. The summed E-state index contributed by atoms with van der Waals surface area (Å²) >= 11 is 1.34. The number of rotatable bonds is 4. The fraction of sp³-hybridized carbons (Fsp3) is 0.556. The van der Waals surface area contributed by atoms with Crippen molar-refractivity contribution >= 4 is 22.4 Å². The fourth-order valence-corrected chi connectivity index (χ4v) is 1.94. The smallest absolute Gasteiger partial charge is 0.350 e. The standard InChI is InChI=1S/C9H14N2O2S/c1-4-10-9-11-6(3)7(14-9)8(12)13-5-2/h4-5H2,1-3H3,(H,10,11). The quantitative estimate of drug-likeness (QED) is 0.779. The monoisotopic (exact) mass is 214 g/mol. The third-order valence-corrected chi connectivity index (χ3v) is 2.68. The second kappa shape index (κ2) is 4.95. The Morgan fingerprint density at radius 2 is 2.29 bits per heavy atom. The van der Waals surface area contributed by atoms with Crippen LogP contribution in [0.4, 0.5) is 5.13 Å². The number of hydrogen-bond acceptors (Lipinski definition) is 5. The van der Waals surface area contributed by atoms with Crippen LogP contribution in [0.5, 0.6) is 0 Å². The Kier molecular flexibility index (Phi) is 3.88. The first-order valence-corrected chi connectivity index (χ1v) is 5.39. The molecule has 0 aliphatic carbocycles. The second-order valence-corrected chi connectivity index (χ2v) is 3.68. The summed E-state index contributed by atoms with van der Waals surface area (Å²) in [6.07, 6.45) is 0. The third kappa shape index (κ3) is 2.45. The number of aromatic nitrogens is 1. The van der Waals surface area contributed by atoms with Crippen LogP contribution in [0, 0.1) is 6.92 Å². The largest absolute Gasteiger partial charge is 0.462 e. The average Bonchev–Trinajstić information content (AvgIpc) is 2.48. The fourth-order valence-electron chi connectivity index (χ4n) is 1.01. The highest BCUT2D eigenvalue weighted by Gasteiger charge is 2.15. The predicted molar refractivity (Wildman–Crippen MR) is 57.0 cm³/mol. The molecule has 1 heterocycles. The number of hydrogen-bond donors (Lipinski definition) is 1. The van der Waals surface area contributed by atoms with Gasteiger partial charge < -0.3 is 10.1 Å². The van der Waals surface area contributed by atoms with E-state index in [1.54, 1.807) is 6.92 Å². The van der Waals surface area contributed by atoms with Gasteiger partial charge in [-0.2, -0.15) is 0 Å². The summed E-state index contributed by atoms with van der Waals surface area (Å²) < 4.78 is 4.90. The summed E-state index contributed by atoms with van der Waals surface area (Å²) in [6.45, 7) is 6.78. The zero-order valence-electron chi connectivity index (χ0n) is 8.59. The molecule has 1 aromatic rings. The van der Waals surface area contributed by atoms with E-state index in [1.165, 1.54) is 11.3 Å². The first-order valence-electron chi connectivity index (χ1n) is 4.57. The van der Waals surface area contributed by atoms with E-state index in [-0.39, 0.29) is 5.97 Å². The molecule has 0 amide bonds. The Labute approximate surface area is 87.3 Å². The summed E-state index contributed by atoms with van der Waals surface area (Å²) in [5, 5.41) is 3.84. The molecule has 1 aromatic heterocycles. The number of nitrogens with one attached hydrogen (secondary N) is 1. The first kappa shape index (κ1) is 11.0. The van der Waals surface area contributed by atoms with Crippen molar-refractivity contribution in [2.75, 3.05) is 18.5 Å². The van der Waals surface area contributed by atoms with Gasteiger partial charge in [0.25, 0.3) is 0 Å². The summed E-state index contributed by atoms with van der Waals surface area (Å²) in [5.74, 6) is -0.286. The van der Waals surface area contributed by atoms with E-state index in [0.29, 0.717) is 11.5 Å². The van der Waals surface area contributed by atoms with Gasteiger partial charge in [0.1, 0.15) is 4.88 Å². The topological polar surface area (TPSA) is 51.2 Å². The van der Waals surface area contributed by atoms with Crippen LogP contribution in [0.25, 0.3) is 0 Å². The lowest BCUT2D eigenvalue weighted by atomic mass is 10.4. The Balaban J connectivity index is 2.81. The van der Waals surface area contributed by atoms with Gasteiger partial charge in [0, 0.05) is 6.54 Å². The van der Waals surface area contributed by atoms with Crippen LogP contribution in [-0.4, -0.2) is 24.1 Å². The Morgan fingerprint density at radius 1 is 1.57 bits per heavy atom. The van der Waals surface area contributed by atoms with E-state index in [1.807, 2.05) is 13.8 Å². The maximum atomic E-state index is 11.4. The number of nitrogens with zero attached hydrogens (tertiary/aromatic N) is 1. The molecule has 0 aliphatic heterocycles. The predicted octanol–water partition coefficient (Wildman–Crippen LogP) is 2.06. The van der Waals surface area contributed by atoms with E-state index in [2.05, 4.69) is 10.3 Å². The molecule has 0 saturated heterocycles. The minimum Gasteiger partial charge on any atom is -0.462 e. The van der Waals surface area contributed by atoms with Crippen LogP contribution in [0.3, 0.4) is 0 Å². The Bertz CT molecular complexity index is 323. The molecule has 14 heavy (non-hydrogen) atoms. The molecule has 1 N–H and O–H groups in total. The van der Waals surface area contributed by atoms with Gasteiger partial charge in [-0.3, -0.25) is 0 Å². The normalized spacial score (nSPS) is 9.93. The lowest BCUT2D eigenvalue weighted by molar-refractivity contribution is 0.0531. The van der Waals surface area contributed by atoms with Gasteiger partial charge in [0.05, 0.1) is 12.3 Å². The second-order valence-electron chi connectivity index (χ2n) is 2.68. The van der Waals surface area contributed by atoms with E-state index in [9.17, 15) is 4.79 Å². The summed E-state index contributed by atoms with van der Waals surface area (Å²) in [6, 6.07) is 0. The molecule has 0 aromatic carbocycles. The van der Waals surface area contributed by atoms with Crippen molar-refractivity contribution in [1.29, 1.82) is 0 Å². The molecule has 0 bridgehead atoms. The van der Waals surface area contributed by atoms with Gasteiger partial charge in [0.15, 0.2) is 5.13 Å². The molecule has 0 spiro atoms. The van der Waals surface area contributed by atoms with Gasteiger partial charge in [0.2, 0.25) is 0 Å². The highest BCUT2D eigenvalue weighted by molar-refractivity contribution is 7.17. The van der Waals surface area contributed by atoms with Crippen molar-refractivity contribution in [3.63, 3.8) is 0 Å². The molecule has 0 radical (unpaired) electrons. The van der Waals surface area contributed by atoms with Gasteiger partial charge in [-0.1, -0.05) is 11.3 Å². The van der Waals surface area contributed by atoms with Crippen molar-refractivity contribution in [1.82, 2.24) is 4.98 Å². The summed E-state index contributed by atoms with van der Waals surface area (Å²) in [7, 11) is 0. The minimum absolute atomic E-state index is 0.286. The van der Waals surface area contributed by atoms with Gasteiger partial charge in [-0.05, 0) is 20.8 Å². The average molecular weight is 214 g/mol. The Hall–Kier alpha value is -1.10. The molecule has 4 nitrogen and oxygen atoms in total. The first-order chi connectivity index (χ1) is 6.69. The van der Waals surface area contributed by atoms with E-state index >= 15 is 0 Å². The molecule has 0 saturated carbocycles. The number of ether oxygens (including phenoxy) is 1. The highest BCUT2D eigenvalue weighted by Crippen LogP contribution is 2.22. The van der Waals surface area contributed by atoms with Crippen LogP contribution >= 0.6 is 11.3 Å². The SMILES string of the molecule is CCNc1nc(C)c(C(=O)OCC)s1. The van der Waals surface area contributed by atoms with E-state index in [0.717, 1.165) is 17.4 Å². The van der Waals surface area contributed by atoms with Gasteiger partial charge >= 0.3 is 5.97 Å². The molecule has 78 valence electrons. The molecule has 0 unspecified atom stereocenters. The molecule has 0 fully saturated rings. The van der Waals surface area contributed by atoms with Crippen molar-refractivity contribution < 1.29 is 9.53 Å². The van der Waals surface area contributed by atoms with Gasteiger partial charge in [-0.25, -0.2) is 9.78 Å². The molecular formula is C9H14N2O2S. The van der Waals surface area contributed by atoms with Crippen LogP contribution in [0.2, 0.25) is 0 Å². The molecule has 0 atom stereocenters.